The molecule has 0 aliphatic rings. The highest BCUT2D eigenvalue weighted by Crippen LogP contribution is 2.33. The van der Waals surface area contributed by atoms with E-state index in [0.29, 0.717) is 16.8 Å². The van der Waals surface area contributed by atoms with Gasteiger partial charge in [0.25, 0.3) is 0 Å². The van der Waals surface area contributed by atoms with Crippen molar-refractivity contribution in [3.05, 3.63) is 23.0 Å². The molecular formula is C11H11ClFN3O4S2. The molecule has 0 bridgehead atoms. The van der Waals surface area contributed by atoms with E-state index in [1.807, 2.05) is 10.9 Å². The first kappa shape index (κ1) is 18.4. The number of thioether (sulfide) groups is 1. The number of rotatable bonds is 7. The molecule has 0 aromatic heterocycles. The van der Waals surface area contributed by atoms with Gasteiger partial charge in [-0.15, -0.1) is 11.8 Å². The van der Waals surface area contributed by atoms with Crippen LogP contribution < -0.4 is 15.6 Å². The summed E-state index contributed by atoms with van der Waals surface area (Å²) in [4.78, 5) is 32.8. The standard InChI is InChI=1S/C11H11ClFN3O4S2/c1-20-10(18)4-21-9-3-8(7(13)2-6(9)12)16-22-11(19)15-14-5-17/h2-3,5,16H,4H2,1H3,(H,14,17)(H,15,19). The van der Waals surface area contributed by atoms with Gasteiger partial charge in [0.15, 0.2) is 0 Å². The number of amides is 2. The summed E-state index contributed by atoms with van der Waals surface area (Å²) >= 11 is 7.47. The lowest BCUT2D eigenvalue weighted by molar-refractivity contribution is -0.137. The van der Waals surface area contributed by atoms with Crippen LogP contribution in [0.3, 0.4) is 0 Å². The molecule has 0 fully saturated rings. The van der Waals surface area contributed by atoms with Gasteiger partial charge in [-0.1, -0.05) is 11.6 Å². The molecule has 0 radical (unpaired) electrons. The number of esters is 1. The molecular weight excluding hydrogens is 357 g/mol. The molecule has 0 unspecified atom stereocenters. The van der Waals surface area contributed by atoms with Gasteiger partial charge in [0, 0.05) is 16.8 Å². The van der Waals surface area contributed by atoms with Crippen LogP contribution in [0, 0.1) is 5.82 Å². The van der Waals surface area contributed by atoms with E-state index in [1.165, 1.54) is 13.2 Å². The first-order valence-electron chi connectivity index (χ1n) is 5.58. The molecule has 1 aromatic rings. The maximum absolute atomic E-state index is 13.7. The van der Waals surface area contributed by atoms with Crippen molar-refractivity contribution in [3.8, 4) is 0 Å². The van der Waals surface area contributed by atoms with E-state index >= 15 is 0 Å². The lowest BCUT2D eigenvalue weighted by Crippen LogP contribution is -2.33. The minimum atomic E-state index is -0.670. The van der Waals surface area contributed by atoms with Gasteiger partial charge < -0.3 is 9.46 Å². The van der Waals surface area contributed by atoms with Crippen LogP contribution in [0.25, 0.3) is 0 Å². The van der Waals surface area contributed by atoms with Crippen molar-refractivity contribution in [2.45, 2.75) is 4.90 Å². The SMILES string of the molecule is COC(=O)CSc1cc(NSC(=O)NNC=O)c(F)cc1Cl. The largest absolute Gasteiger partial charge is 0.468 e. The molecule has 22 heavy (non-hydrogen) atoms. The van der Waals surface area contributed by atoms with Gasteiger partial charge in [-0.05, 0) is 12.1 Å². The molecule has 0 saturated heterocycles. The maximum atomic E-state index is 13.7. The Morgan fingerprint density at radius 3 is 2.82 bits per heavy atom. The summed E-state index contributed by atoms with van der Waals surface area (Å²) in [6, 6.07) is 2.42. The Bertz CT molecular complexity index is 577. The summed E-state index contributed by atoms with van der Waals surface area (Å²) in [5, 5.41) is -0.515. The van der Waals surface area contributed by atoms with E-state index in [2.05, 4.69) is 9.46 Å². The minimum absolute atomic E-state index is 0.00280. The second kappa shape index (κ2) is 9.38. The first-order chi connectivity index (χ1) is 10.5. The van der Waals surface area contributed by atoms with Crippen molar-refractivity contribution in [2.75, 3.05) is 17.6 Å². The quantitative estimate of drug-likeness (QED) is 0.223. The third-order valence-corrected chi connectivity index (χ3v) is 4.14. The molecule has 11 heteroatoms. The van der Waals surface area contributed by atoms with Crippen LogP contribution in [0.15, 0.2) is 17.0 Å². The maximum Gasteiger partial charge on any atom is 0.317 e. The van der Waals surface area contributed by atoms with Crippen molar-refractivity contribution in [1.82, 2.24) is 10.9 Å². The van der Waals surface area contributed by atoms with Crippen molar-refractivity contribution in [3.63, 3.8) is 0 Å². The van der Waals surface area contributed by atoms with Crippen LogP contribution in [-0.4, -0.2) is 30.5 Å². The molecule has 0 aliphatic heterocycles. The third kappa shape index (κ3) is 6.00. The van der Waals surface area contributed by atoms with Crippen LogP contribution >= 0.6 is 35.3 Å². The van der Waals surface area contributed by atoms with E-state index in [4.69, 9.17) is 11.6 Å². The zero-order valence-electron chi connectivity index (χ0n) is 11.1. The molecule has 0 heterocycles. The van der Waals surface area contributed by atoms with E-state index < -0.39 is 17.0 Å². The number of halogens is 2. The Hall–Kier alpha value is -1.65. The van der Waals surface area contributed by atoms with Gasteiger partial charge in [0.1, 0.15) is 5.82 Å². The first-order valence-corrected chi connectivity index (χ1v) is 7.76. The highest BCUT2D eigenvalue weighted by Gasteiger charge is 2.12. The van der Waals surface area contributed by atoms with Crippen LogP contribution in [0.1, 0.15) is 0 Å². The Balaban J connectivity index is 2.71. The van der Waals surface area contributed by atoms with Crippen LogP contribution in [0.4, 0.5) is 14.9 Å². The lowest BCUT2D eigenvalue weighted by Gasteiger charge is -2.10. The molecule has 0 saturated carbocycles. The number of carbonyl (C=O) groups excluding carboxylic acids is 3. The number of carbonyl (C=O) groups is 3. The molecule has 1 rings (SSSR count). The number of hydrogen-bond acceptors (Lipinski definition) is 7. The molecule has 1 aromatic carbocycles. The molecule has 2 amide bonds. The summed E-state index contributed by atoms with van der Waals surface area (Å²) in [7, 11) is 1.25. The van der Waals surface area contributed by atoms with Crippen LogP contribution in [-0.2, 0) is 14.3 Å². The fourth-order valence-corrected chi connectivity index (χ4v) is 2.70. The molecule has 120 valence electrons. The Morgan fingerprint density at radius 1 is 1.45 bits per heavy atom. The highest BCUT2D eigenvalue weighted by atomic mass is 35.5. The van der Waals surface area contributed by atoms with E-state index in [-0.39, 0.29) is 22.9 Å². The predicted molar refractivity (Wildman–Crippen MR) is 83.1 cm³/mol. The van der Waals surface area contributed by atoms with E-state index in [1.54, 1.807) is 0 Å². The minimum Gasteiger partial charge on any atom is -0.468 e. The zero-order chi connectivity index (χ0) is 16.5. The Kier molecular flexibility index (Phi) is 7.85. The number of ether oxygens (including phenoxy) is 1. The summed E-state index contributed by atoms with van der Waals surface area (Å²) < 4.78 is 20.7. The van der Waals surface area contributed by atoms with Crippen molar-refractivity contribution in [1.29, 1.82) is 0 Å². The normalized spacial score (nSPS) is 9.77. The number of methoxy groups -OCH3 is 1. The lowest BCUT2D eigenvalue weighted by atomic mass is 10.3. The number of anilines is 1. The number of hydrazine groups is 1. The summed E-state index contributed by atoms with van der Waals surface area (Å²) in [5.41, 5.74) is 3.97. The smallest absolute Gasteiger partial charge is 0.317 e. The van der Waals surface area contributed by atoms with Gasteiger partial charge in [-0.3, -0.25) is 25.2 Å². The topological polar surface area (TPSA) is 96.5 Å². The fraction of sp³-hybridized carbons (Fsp3) is 0.182. The molecule has 0 spiro atoms. The highest BCUT2D eigenvalue weighted by molar-refractivity contribution is 8.14. The van der Waals surface area contributed by atoms with Crippen molar-refractivity contribution >= 4 is 58.6 Å². The van der Waals surface area contributed by atoms with Crippen molar-refractivity contribution < 1.29 is 23.5 Å². The average Bonchev–Trinajstić information content (AvgIpc) is 2.50. The van der Waals surface area contributed by atoms with E-state index in [9.17, 15) is 18.8 Å². The van der Waals surface area contributed by atoms with Gasteiger partial charge in [-0.2, -0.15) is 0 Å². The molecule has 0 atom stereocenters. The third-order valence-electron chi connectivity index (χ3n) is 2.08. The zero-order valence-corrected chi connectivity index (χ0v) is 13.5. The summed E-state index contributed by atoms with van der Waals surface area (Å²) in [6.07, 6.45) is 0.281. The fourth-order valence-electron chi connectivity index (χ4n) is 1.13. The predicted octanol–water partition coefficient (Wildman–Crippen LogP) is 2.17. The van der Waals surface area contributed by atoms with Gasteiger partial charge >= 0.3 is 11.2 Å². The van der Waals surface area contributed by atoms with E-state index in [0.717, 1.165) is 17.8 Å². The average molecular weight is 368 g/mol. The summed E-state index contributed by atoms with van der Waals surface area (Å²) in [6.45, 7) is 0. The second-order valence-electron chi connectivity index (χ2n) is 3.51. The van der Waals surface area contributed by atoms with Crippen molar-refractivity contribution in [2.24, 2.45) is 0 Å². The Labute approximate surface area is 138 Å². The summed E-state index contributed by atoms with van der Waals surface area (Å²) in [5.74, 6) is -1.11. The Morgan fingerprint density at radius 2 is 2.18 bits per heavy atom. The second-order valence-corrected chi connectivity index (χ2v) is 5.71. The number of nitrogens with one attached hydrogen (secondary N) is 3. The number of hydrogen-bond donors (Lipinski definition) is 3. The van der Waals surface area contributed by atoms with Gasteiger partial charge in [0.05, 0.1) is 23.6 Å². The molecule has 7 nitrogen and oxygen atoms in total. The molecule has 0 aliphatic carbocycles. The van der Waals surface area contributed by atoms with Crippen LogP contribution in [0.5, 0.6) is 0 Å². The van der Waals surface area contributed by atoms with Crippen LogP contribution in [0.2, 0.25) is 5.02 Å². The monoisotopic (exact) mass is 367 g/mol. The van der Waals surface area contributed by atoms with Gasteiger partial charge in [-0.25, -0.2) is 4.39 Å². The van der Waals surface area contributed by atoms with Gasteiger partial charge in [0.2, 0.25) is 6.41 Å². The molecule has 3 N–H and O–H groups in total. The number of benzene rings is 1.